The van der Waals surface area contributed by atoms with Crippen molar-refractivity contribution in [2.75, 3.05) is 13.7 Å². The van der Waals surface area contributed by atoms with Gasteiger partial charge in [-0.3, -0.25) is 4.79 Å². The first-order valence-corrected chi connectivity index (χ1v) is 6.46. The van der Waals surface area contributed by atoms with Crippen LogP contribution < -0.4 is 5.32 Å². The molecule has 0 saturated carbocycles. The smallest absolute Gasteiger partial charge is 0.330 e. The minimum Gasteiger partial charge on any atom is -0.479 e. The fraction of sp³-hybridized carbons (Fsp3) is 0.467. The van der Waals surface area contributed by atoms with Crippen molar-refractivity contribution in [2.24, 2.45) is 5.92 Å². The predicted octanol–water partition coefficient (Wildman–Crippen LogP) is 1.83. The fourth-order valence-electron chi connectivity index (χ4n) is 1.97. The van der Waals surface area contributed by atoms with Crippen molar-refractivity contribution in [3.8, 4) is 0 Å². The van der Waals surface area contributed by atoms with E-state index in [1.54, 1.807) is 19.1 Å². The van der Waals surface area contributed by atoms with Crippen LogP contribution in [0.3, 0.4) is 0 Å². The van der Waals surface area contributed by atoms with E-state index in [1.807, 2.05) is 19.9 Å². The lowest BCUT2D eigenvalue weighted by molar-refractivity contribution is -0.142. The van der Waals surface area contributed by atoms with E-state index in [2.05, 4.69) is 5.32 Å². The second kappa shape index (κ2) is 7.05. The molecule has 0 aromatic heterocycles. The van der Waals surface area contributed by atoms with Crippen molar-refractivity contribution in [2.45, 2.75) is 26.8 Å². The second-order valence-corrected chi connectivity index (χ2v) is 4.93. The molecule has 0 aliphatic rings. The van der Waals surface area contributed by atoms with Crippen LogP contribution in [0.25, 0.3) is 0 Å². The first-order chi connectivity index (χ1) is 9.38. The lowest BCUT2D eigenvalue weighted by Gasteiger charge is -2.20. The van der Waals surface area contributed by atoms with Crippen molar-refractivity contribution in [1.29, 1.82) is 0 Å². The number of hydrogen-bond donors (Lipinski definition) is 2. The predicted molar refractivity (Wildman–Crippen MR) is 75.5 cm³/mol. The molecule has 0 spiro atoms. The molecule has 1 amide bonds. The highest BCUT2D eigenvalue weighted by Gasteiger charge is 2.26. The largest absolute Gasteiger partial charge is 0.479 e. The van der Waals surface area contributed by atoms with Gasteiger partial charge in [0.1, 0.15) is 0 Å². The lowest BCUT2D eigenvalue weighted by Crippen LogP contribution is -2.38. The molecule has 2 unspecified atom stereocenters. The highest BCUT2D eigenvalue weighted by molar-refractivity contribution is 5.86. The summed E-state index contributed by atoms with van der Waals surface area (Å²) in [4.78, 5) is 23.4. The molecule has 0 aliphatic carbocycles. The van der Waals surface area contributed by atoms with Gasteiger partial charge in [0.25, 0.3) is 0 Å². The van der Waals surface area contributed by atoms with Crippen molar-refractivity contribution in [3.05, 3.63) is 34.9 Å². The molecule has 5 heteroatoms. The Labute approximate surface area is 118 Å². The van der Waals surface area contributed by atoms with E-state index in [9.17, 15) is 14.7 Å². The van der Waals surface area contributed by atoms with Gasteiger partial charge in [-0.1, -0.05) is 25.1 Å². The first-order valence-electron chi connectivity index (χ1n) is 6.46. The van der Waals surface area contributed by atoms with Gasteiger partial charge in [0, 0.05) is 7.11 Å². The summed E-state index contributed by atoms with van der Waals surface area (Å²) in [6.45, 7) is 5.71. The summed E-state index contributed by atoms with van der Waals surface area (Å²) in [6.07, 6.45) is 0. The summed E-state index contributed by atoms with van der Waals surface area (Å²) in [5.41, 5.74) is 2.48. The Morgan fingerprint density at radius 3 is 2.55 bits per heavy atom. The topological polar surface area (TPSA) is 75.6 Å². The number of aryl methyl sites for hydroxylation is 1. The van der Waals surface area contributed by atoms with Crippen molar-refractivity contribution < 1.29 is 19.4 Å². The molecule has 5 nitrogen and oxygen atoms in total. The van der Waals surface area contributed by atoms with Crippen LogP contribution in [0.2, 0.25) is 0 Å². The third-order valence-electron chi connectivity index (χ3n) is 3.36. The summed E-state index contributed by atoms with van der Waals surface area (Å²) in [7, 11) is 1.50. The van der Waals surface area contributed by atoms with Crippen LogP contribution in [-0.2, 0) is 14.3 Å². The Kier molecular flexibility index (Phi) is 5.70. The van der Waals surface area contributed by atoms with Crippen molar-refractivity contribution in [1.82, 2.24) is 5.32 Å². The Morgan fingerprint density at radius 2 is 2.00 bits per heavy atom. The molecule has 1 aromatic carbocycles. The standard InChI is InChI=1S/C15H21NO4/c1-9-6-5-7-12(11(9)3)13(15(18)19)16-14(17)10(2)8-20-4/h5-7,10,13H,8H2,1-4H3,(H,16,17)(H,18,19). The summed E-state index contributed by atoms with van der Waals surface area (Å²) in [6, 6.07) is 4.38. The average molecular weight is 279 g/mol. The number of hydrogen-bond acceptors (Lipinski definition) is 3. The van der Waals surface area contributed by atoms with E-state index in [-0.39, 0.29) is 12.5 Å². The first kappa shape index (κ1) is 16.2. The molecule has 0 radical (unpaired) electrons. The van der Waals surface area contributed by atoms with E-state index < -0.39 is 17.9 Å². The quantitative estimate of drug-likeness (QED) is 0.833. The van der Waals surface area contributed by atoms with Crippen LogP contribution >= 0.6 is 0 Å². The maximum Gasteiger partial charge on any atom is 0.330 e. The molecule has 0 bridgehead atoms. The number of ether oxygens (including phenoxy) is 1. The molecule has 1 rings (SSSR count). The summed E-state index contributed by atoms with van der Waals surface area (Å²) < 4.78 is 4.91. The molecule has 1 aromatic rings. The minimum absolute atomic E-state index is 0.255. The lowest BCUT2D eigenvalue weighted by atomic mass is 9.97. The van der Waals surface area contributed by atoms with Gasteiger partial charge in [-0.15, -0.1) is 0 Å². The molecule has 110 valence electrons. The number of aliphatic carboxylic acids is 1. The normalized spacial score (nSPS) is 13.6. The SMILES string of the molecule is COCC(C)C(=O)NC(C(=O)O)c1cccc(C)c1C. The number of benzene rings is 1. The van der Waals surface area contributed by atoms with Gasteiger partial charge in [-0.2, -0.15) is 0 Å². The van der Waals surface area contributed by atoms with Gasteiger partial charge in [0.2, 0.25) is 5.91 Å². The van der Waals surface area contributed by atoms with Crippen LogP contribution in [0.1, 0.15) is 29.7 Å². The van der Waals surface area contributed by atoms with Gasteiger partial charge in [0.05, 0.1) is 12.5 Å². The summed E-state index contributed by atoms with van der Waals surface area (Å²) >= 11 is 0. The summed E-state index contributed by atoms with van der Waals surface area (Å²) in [5.74, 6) is -1.80. The molecule has 2 N–H and O–H groups in total. The molecular formula is C15H21NO4. The van der Waals surface area contributed by atoms with Crippen LogP contribution in [0.4, 0.5) is 0 Å². The minimum atomic E-state index is -1.07. The van der Waals surface area contributed by atoms with Gasteiger partial charge in [-0.25, -0.2) is 4.79 Å². The van der Waals surface area contributed by atoms with E-state index in [4.69, 9.17) is 4.74 Å². The number of carbonyl (C=O) groups is 2. The number of methoxy groups -OCH3 is 1. The Bertz CT molecular complexity index is 499. The van der Waals surface area contributed by atoms with E-state index >= 15 is 0 Å². The van der Waals surface area contributed by atoms with Gasteiger partial charge in [0.15, 0.2) is 6.04 Å². The summed E-state index contributed by atoms with van der Waals surface area (Å²) in [5, 5.41) is 11.9. The number of rotatable bonds is 6. The maximum atomic E-state index is 12.0. The van der Waals surface area contributed by atoms with Crippen molar-refractivity contribution >= 4 is 11.9 Å². The Hall–Kier alpha value is -1.88. The van der Waals surface area contributed by atoms with Crippen LogP contribution in [0, 0.1) is 19.8 Å². The maximum absolute atomic E-state index is 12.0. The van der Waals surface area contributed by atoms with Crippen LogP contribution in [0.5, 0.6) is 0 Å². The molecule has 20 heavy (non-hydrogen) atoms. The number of carboxylic acid groups (broad SMARTS) is 1. The number of amides is 1. The van der Waals surface area contributed by atoms with E-state index in [0.717, 1.165) is 11.1 Å². The van der Waals surface area contributed by atoms with E-state index in [1.165, 1.54) is 7.11 Å². The molecular weight excluding hydrogens is 258 g/mol. The van der Waals surface area contributed by atoms with Gasteiger partial charge in [-0.05, 0) is 30.5 Å². The molecule has 0 saturated heterocycles. The third kappa shape index (κ3) is 3.81. The molecule has 0 fully saturated rings. The van der Waals surface area contributed by atoms with E-state index in [0.29, 0.717) is 5.56 Å². The monoisotopic (exact) mass is 279 g/mol. The average Bonchev–Trinajstić information content (AvgIpc) is 2.39. The van der Waals surface area contributed by atoms with Gasteiger partial charge >= 0.3 is 5.97 Å². The number of nitrogens with one attached hydrogen (secondary N) is 1. The van der Waals surface area contributed by atoms with Crippen LogP contribution in [-0.4, -0.2) is 30.7 Å². The zero-order valence-corrected chi connectivity index (χ0v) is 12.3. The zero-order valence-electron chi connectivity index (χ0n) is 12.3. The highest BCUT2D eigenvalue weighted by Crippen LogP contribution is 2.21. The fourth-order valence-corrected chi connectivity index (χ4v) is 1.97. The van der Waals surface area contributed by atoms with Crippen molar-refractivity contribution in [3.63, 3.8) is 0 Å². The van der Waals surface area contributed by atoms with Crippen LogP contribution in [0.15, 0.2) is 18.2 Å². The molecule has 0 aliphatic heterocycles. The Balaban J connectivity index is 2.98. The zero-order chi connectivity index (χ0) is 15.3. The molecule has 2 atom stereocenters. The second-order valence-electron chi connectivity index (χ2n) is 4.93. The number of carbonyl (C=O) groups excluding carboxylic acids is 1. The van der Waals surface area contributed by atoms with Gasteiger partial charge < -0.3 is 15.2 Å². The Morgan fingerprint density at radius 1 is 1.35 bits per heavy atom. The molecule has 0 heterocycles. The third-order valence-corrected chi connectivity index (χ3v) is 3.36. The number of carboxylic acids is 1. The highest BCUT2D eigenvalue weighted by atomic mass is 16.5.